The lowest BCUT2D eigenvalue weighted by Crippen LogP contribution is -2.40. The first-order chi connectivity index (χ1) is 14.3. The lowest BCUT2D eigenvalue weighted by molar-refractivity contribution is -0.119. The quantitative estimate of drug-likeness (QED) is 0.596. The Bertz CT molecular complexity index is 1160. The van der Waals surface area contributed by atoms with Gasteiger partial charge in [-0.05, 0) is 29.1 Å². The summed E-state index contributed by atoms with van der Waals surface area (Å²) in [5.74, 6) is 0.729. The second-order valence-corrected chi connectivity index (χ2v) is 8.64. The molecule has 0 radical (unpaired) electrons. The molecule has 3 aromatic rings. The van der Waals surface area contributed by atoms with Crippen LogP contribution in [0.1, 0.15) is 5.56 Å². The number of hydrogen-bond donors (Lipinski definition) is 1. The average molecular weight is 429 g/mol. The standard InChI is InChI=1S/C22H24N2O5S/c1-28-20-12-11-16(13-21(20)29-2)14-23-22(25)15-24(30(3,26)27)19-10-6-8-17-7-4-5-9-18(17)19/h4-13H,14-15H2,1-3H3,(H,23,25). The van der Waals surface area contributed by atoms with Gasteiger partial charge in [-0.1, -0.05) is 42.5 Å². The fourth-order valence-electron chi connectivity index (χ4n) is 3.18. The zero-order valence-corrected chi connectivity index (χ0v) is 17.9. The summed E-state index contributed by atoms with van der Waals surface area (Å²) in [7, 11) is -0.587. The summed E-state index contributed by atoms with van der Waals surface area (Å²) in [5.41, 5.74) is 1.27. The third kappa shape index (κ3) is 4.83. The molecule has 0 heterocycles. The Morgan fingerprint density at radius 3 is 2.37 bits per heavy atom. The van der Waals surface area contributed by atoms with Gasteiger partial charge in [0, 0.05) is 11.9 Å². The molecule has 3 aromatic carbocycles. The summed E-state index contributed by atoms with van der Waals surface area (Å²) in [6.07, 6.45) is 1.09. The molecule has 0 aliphatic carbocycles. The number of sulfonamides is 1. The predicted octanol–water partition coefficient (Wildman–Crippen LogP) is 2.94. The van der Waals surface area contributed by atoms with Crippen LogP contribution in [0.4, 0.5) is 5.69 Å². The number of nitrogens with one attached hydrogen (secondary N) is 1. The van der Waals surface area contributed by atoms with Crippen molar-refractivity contribution in [2.24, 2.45) is 0 Å². The number of nitrogens with zero attached hydrogens (tertiary/aromatic N) is 1. The van der Waals surface area contributed by atoms with Crippen LogP contribution in [0.3, 0.4) is 0 Å². The molecule has 0 saturated heterocycles. The Hall–Kier alpha value is -3.26. The van der Waals surface area contributed by atoms with Crippen LogP contribution >= 0.6 is 0 Å². The first-order valence-corrected chi connectivity index (χ1v) is 11.1. The Labute approximate surface area is 176 Å². The maximum Gasteiger partial charge on any atom is 0.241 e. The lowest BCUT2D eigenvalue weighted by atomic mass is 10.1. The van der Waals surface area contributed by atoms with Crippen LogP contribution in [0, 0.1) is 0 Å². The highest BCUT2D eigenvalue weighted by molar-refractivity contribution is 7.92. The molecular weight excluding hydrogens is 404 g/mol. The third-order valence-corrected chi connectivity index (χ3v) is 5.79. The van der Waals surface area contributed by atoms with Gasteiger partial charge >= 0.3 is 0 Å². The van der Waals surface area contributed by atoms with Crippen molar-refractivity contribution in [3.8, 4) is 11.5 Å². The molecule has 7 nitrogen and oxygen atoms in total. The van der Waals surface area contributed by atoms with Crippen molar-refractivity contribution in [1.29, 1.82) is 0 Å². The number of fused-ring (bicyclic) bond motifs is 1. The van der Waals surface area contributed by atoms with E-state index in [1.54, 1.807) is 37.4 Å². The molecule has 0 aliphatic rings. The maximum absolute atomic E-state index is 12.6. The van der Waals surface area contributed by atoms with Gasteiger partial charge in [0.15, 0.2) is 11.5 Å². The van der Waals surface area contributed by atoms with Gasteiger partial charge < -0.3 is 14.8 Å². The number of ether oxygens (including phenoxy) is 2. The van der Waals surface area contributed by atoms with Crippen molar-refractivity contribution in [2.75, 3.05) is 31.3 Å². The number of amides is 1. The van der Waals surface area contributed by atoms with E-state index in [-0.39, 0.29) is 13.1 Å². The molecule has 0 unspecified atom stereocenters. The monoisotopic (exact) mass is 428 g/mol. The number of carbonyl (C=O) groups is 1. The molecule has 158 valence electrons. The Morgan fingerprint density at radius 2 is 1.67 bits per heavy atom. The molecule has 0 aromatic heterocycles. The van der Waals surface area contributed by atoms with Crippen molar-refractivity contribution in [3.63, 3.8) is 0 Å². The Balaban J connectivity index is 1.79. The average Bonchev–Trinajstić information content (AvgIpc) is 2.74. The molecule has 3 rings (SSSR count). The molecule has 1 amide bonds. The van der Waals surface area contributed by atoms with Crippen LogP contribution in [0.25, 0.3) is 10.8 Å². The lowest BCUT2D eigenvalue weighted by Gasteiger charge is -2.23. The summed E-state index contributed by atoms with van der Waals surface area (Å²) in [6, 6.07) is 18.1. The van der Waals surface area contributed by atoms with Gasteiger partial charge in [0.25, 0.3) is 0 Å². The van der Waals surface area contributed by atoms with E-state index in [4.69, 9.17) is 9.47 Å². The minimum Gasteiger partial charge on any atom is -0.493 e. The number of carbonyl (C=O) groups excluding carboxylic acids is 1. The van der Waals surface area contributed by atoms with E-state index in [9.17, 15) is 13.2 Å². The molecule has 0 aliphatic heterocycles. The molecule has 0 bridgehead atoms. The van der Waals surface area contributed by atoms with Crippen LogP contribution in [0.5, 0.6) is 11.5 Å². The summed E-state index contributed by atoms with van der Waals surface area (Å²) in [5, 5.41) is 4.43. The van der Waals surface area contributed by atoms with Crippen molar-refractivity contribution in [1.82, 2.24) is 5.32 Å². The number of methoxy groups -OCH3 is 2. The van der Waals surface area contributed by atoms with Gasteiger partial charge in [0.2, 0.25) is 15.9 Å². The summed E-state index contributed by atoms with van der Waals surface area (Å²) < 4.78 is 36.5. The molecule has 0 atom stereocenters. The second kappa shape index (κ2) is 9.04. The second-order valence-electron chi connectivity index (χ2n) is 6.73. The molecule has 1 N–H and O–H groups in total. The zero-order chi connectivity index (χ0) is 21.7. The van der Waals surface area contributed by atoms with E-state index >= 15 is 0 Å². The number of anilines is 1. The first-order valence-electron chi connectivity index (χ1n) is 9.26. The fourth-order valence-corrected chi connectivity index (χ4v) is 4.05. The normalized spacial score (nSPS) is 11.2. The van der Waals surface area contributed by atoms with Crippen LogP contribution in [-0.4, -0.2) is 41.3 Å². The highest BCUT2D eigenvalue weighted by Gasteiger charge is 2.22. The highest BCUT2D eigenvalue weighted by Crippen LogP contribution is 2.29. The van der Waals surface area contributed by atoms with Crippen molar-refractivity contribution in [3.05, 3.63) is 66.2 Å². The smallest absolute Gasteiger partial charge is 0.241 e. The van der Waals surface area contributed by atoms with Gasteiger partial charge in [-0.25, -0.2) is 8.42 Å². The minimum absolute atomic E-state index is 0.228. The summed E-state index contributed by atoms with van der Waals surface area (Å²) >= 11 is 0. The van der Waals surface area contributed by atoms with E-state index in [1.165, 1.54) is 7.11 Å². The zero-order valence-electron chi connectivity index (χ0n) is 17.1. The van der Waals surface area contributed by atoms with E-state index in [0.717, 1.165) is 26.9 Å². The van der Waals surface area contributed by atoms with Gasteiger partial charge in [0.1, 0.15) is 6.54 Å². The number of hydrogen-bond acceptors (Lipinski definition) is 5. The van der Waals surface area contributed by atoms with Crippen molar-refractivity contribution in [2.45, 2.75) is 6.54 Å². The van der Waals surface area contributed by atoms with Crippen LogP contribution in [0.2, 0.25) is 0 Å². The van der Waals surface area contributed by atoms with Crippen LogP contribution in [0.15, 0.2) is 60.7 Å². The van der Waals surface area contributed by atoms with Crippen LogP contribution in [-0.2, 0) is 21.4 Å². The maximum atomic E-state index is 12.6. The molecular formula is C22H24N2O5S. The first kappa shape index (κ1) is 21.4. The van der Waals surface area contributed by atoms with Crippen molar-refractivity contribution >= 4 is 32.4 Å². The topological polar surface area (TPSA) is 84.9 Å². The van der Waals surface area contributed by atoms with E-state index in [1.807, 2.05) is 30.3 Å². The van der Waals surface area contributed by atoms with Gasteiger partial charge in [-0.2, -0.15) is 0 Å². The Morgan fingerprint density at radius 1 is 0.967 bits per heavy atom. The van der Waals surface area contributed by atoms with Crippen molar-refractivity contribution < 1.29 is 22.7 Å². The third-order valence-electron chi connectivity index (χ3n) is 4.66. The molecule has 0 fully saturated rings. The summed E-state index contributed by atoms with van der Waals surface area (Å²) in [6.45, 7) is -0.0908. The van der Waals surface area contributed by atoms with Crippen LogP contribution < -0.4 is 19.1 Å². The SMILES string of the molecule is COc1ccc(CNC(=O)CN(c2cccc3ccccc23)S(C)(=O)=O)cc1OC. The number of benzene rings is 3. The predicted molar refractivity (Wildman–Crippen MR) is 118 cm³/mol. The molecule has 8 heteroatoms. The van der Waals surface area contributed by atoms with E-state index < -0.39 is 15.9 Å². The minimum atomic E-state index is -3.67. The van der Waals surface area contributed by atoms with Gasteiger partial charge in [0.05, 0.1) is 26.2 Å². The molecule has 0 spiro atoms. The molecule has 0 saturated carbocycles. The van der Waals surface area contributed by atoms with E-state index in [2.05, 4.69) is 5.32 Å². The highest BCUT2D eigenvalue weighted by atomic mass is 32.2. The van der Waals surface area contributed by atoms with E-state index in [0.29, 0.717) is 17.2 Å². The molecule has 30 heavy (non-hydrogen) atoms. The fraction of sp³-hybridized carbons (Fsp3) is 0.227. The van der Waals surface area contributed by atoms with Gasteiger partial charge in [-0.3, -0.25) is 9.10 Å². The summed E-state index contributed by atoms with van der Waals surface area (Å²) in [4.78, 5) is 12.6. The number of rotatable bonds is 8. The Kier molecular flexibility index (Phi) is 6.47. The van der Waals surface area contributed by atoms with Gasteiger partial charge in [-0.15, -0.1) is 0 Å². The largest absolute Gasteiger partial charge is 0.493 e.